The zero-order valence-electron chi connectivity index (χ0n) is 8.69. The number of hydrogen-bond acceptors (Lipinski definition) is 2. The van der Waals surface area contributed by atoms with Gasteiger partial charge in [-0.1, -0.05) is 15.9 Å². The molecule has 5 heteroatoms. The summed E-state index contributed by atoms with van der Waals surface area (Å²) in [6, 6.07) is 0. The van der Waals surface area contributed by atoms with Crippen molar-refractivity contribution in [2.75, 3.05) is 11.9 Å². The average Bonchev–Trinajstić information content (AvgIpc) is 2.75. The largest absolute Gasteiger partial charge is 0.338 e. The van der Waals surface area contributed by atoms with E-state index in [2.05, 4.69) is 21.0 Å². The molecule has 15 heavy (non-hydrogen) atoms. The van der Waals surface area contributed by atoms with Crippen molar-refractivity contribution < 1.29 is 4.79 Å². The summed E-state index contributed by atoms with van der Waals surface area (Å²) in [7, 11) is 1.89. The standard InChI is InChI=1S/C10H14BrN3O/c1-13-5-9(4-12-13)7-14-6-8(3-11)2-10(14)15/h4-5,8H,2-3,6-7H2,1H3. The second-order valence-corrected chi connectivity index (χ2v) is 4.67. The van der Waals surface area contributed by atoms with Gasteiger partial charge in [0.15, 0.2) is 0 Å². The van der Waals surface area contributed by atoms with Crippen LogP contribution in [0.4, 0.5) is 0 Å². The van der Waals surface area contributed by atoms with Gasteiger partial charge in [0.25, 0.3) is 0 Å². The molecule has 2 rings (SSSR count). The fourth-order valence-corrected chi connectivity index (χ4v) is 2.32. The van der Waals surface area contributed by atoms with Crippen LogP contribution in [0.1, 0.15) is 12.0 Å². The van der Waals surface area contributed by atoms with Gasteiger partial charge in [0.05, 0.1) is 6.20 Å². The average molecular weight is 272 g/mol. The third kappa shape index (κ3) is 2.40. The fraction of sp³-hybridized carbons (Fsp3) is 0.600. The topological polar surface area (TPSA) is 38.1 Å². The minimum Gasteiger partial charge on any atom is -0.338 e. The Labute approximate surface area is 97.4 Å². The van der Waals surface area contributed by atoms with Crippen molar-refractivity contribution in [1.82, 2.24) is 14.7 Å². The molecule has 0 bridgehead atoms. The molecule has 1 aliphatic rings. The molecule has 0 saturated carbocycles. The zero-order chi connectivity index (χ0) is 10.8. The lowest BCUT2D eigenvalue weighted by molar-refractivity contribution is -0.128. The Morgan fingerprint density at radius 1 is 1.67 bits per heavy atom. The minimum atomic E-state index is 0.253. The van der Waals surface area contributed by atoms with Gasteiger partial charge in [-0.2, -0.15) is 5.10 Å². The number of aromatic nitrogens is 2. The van der Waals surface area contributed by atoms with Gasteiger partial charge in [-0.05, 0) is 5.92 Å². The smallest absolute Gasteiger partial charge is 0.223 e. The van der Waals surface area contributed by atoms with E-state index in [0.29, 0.717) is 18.9 Å². The number of nitrogens with zero attached hydrogens (tertiary/aromatic N) is 3. The van der Waals surface area contributed by atoms with E-state index in [1.54, 1.807) is 4.68 Å². The first kappa shape index (κ1) is 10.7. The van der Waals surface area contributed by atoms with Gasteiger partial charge >= 0.3 is 0 Å². The first-order valence-corrected chi connectivity index (χ1v) is 6.12. The molecule has 0 spiro atoms. The molecule has 0 aromatic carbocycles. The van der Waals surface area contributed by atoms with Crippen LogP contribution in [0.15, 0.2) is 12.4 Å². The van der Waals surface area contributed by atoms with E-state index in [1.165, 1.54) is 0 Å². The maximum Gasteiger partial charge on any atom is 0.223 e. The Morgan fingerprint density at radius 3 is 3.00 bits per heavy atom. The van der Waals surface area contributed by atoms with Crippen LogP contribution in [0.25, 0.3) is 0 Å². The molecule has 1 unspecified atom stereocenters. The number of halogens is 1. The predicted octanol–water partition coefficient (Wildman–Crippen LogP) is 1.16. The number of alkyl halides is 1. The van der Waals surface area contributed by atoms with Crippen LogP contribution in [0, 0.1) is 5.92 Å². The SMILES string of the molecule is Cn1cc(CN2CC(CBr)CC2=O)cn1. The molecular weight excluding hydrogens is 258 g/mol. The number of amides is 1. The van der Waals surface area contributed by atoms with Gasteiger partial charge in [-0.25, -0.2) is 0 Å². The summed E-state index contributed by atoms with van der Waals surface area (Å²) in [5, 5.41) is 5.00. The minimum absolute atomic E-state index is 0.253. The summed E-state index contributed by atoms with van der Waals surface area (Å²) in [4.78, 5) is 13.5. The van der Waals surface area contributed by atoms with Gasteiger partial charge in [0, 0.05) is 43.6 Å². The van der Waals surface area contributed by atoms with Crippen molar-refractivity contribution in [3.63, 3.8) is 0 Å². The summed E-state index contributed by atoms with van der Waals surface area (Å²) in [6.07, 6.45) is 4.44. The molecule has 0 N–H and O–H groups in total. The molecule has 0 radical (unpaired) electrons. The highest BCUT2D eigenvalue weighted by atomic mass is 79.9. The summed E-state index contributed by atoms with van der Waals surface area (Å²) in [5.74, 6) is 0.720. The van der Waals surface area contributed by atoms with Gasteiger partial charge in [-0.3, -0.25) is 9.48 Å². The first-order chi connectivity index (χ1) is 7.19. The van der Waals surface area contributed by atoms with Crippen LogP contribution in [0.3, 0.4) is 0 Å². The maximum atomic E-state index is 11.6. The normalized spacial score (nSPS) is 21.3. The zero-order valence-corrected chi connectivity index (χ0v) is 10.3. The quantitative estimate of drug-likeness (QED) is 0.774. The predicted molar refractivity (Wildman–Crippen MR) is 60.5 cm³/mol. The molecule has 1 saturated heterocycles. The molecule has 1 amide bonds. The van der Waals surface area contributed by atoms with Crippen LogP contribution in [0.2, 0.25) is 0 Å². The molecule has 1 atom stereocenters. The van der Waals surface area contributed by atoms with Crippen molar-refractivity contribution in [3.8, 4) is 0 Å². The fourth-order valence-electron chi connectivity index (χ4n) is 1.88. The highest BCUT2D eigenvalue weighted by Gasteiger charge is 2.28. The monoisotopic (exact) mass is 271 g/mol. The summed E-state index contributed by atoms with van der Waals surface area (Å²) < 4.78 is 1.76. The third-order valence-electron chi connectivity index (χ3n) is 2.64. The van der Waals surface area contributed by atoms with E-state index < -0.39 is 0 Å². The Kier molecular flexibility index (Phi) is 3.09. The van der Waals surface area contributed by atoms with Crippen molar-refractivity contribution in [1.29, 1.82) is 0 Å². The molecule has 4 nitrogen and oxygen atoms in total. The van der Waals surface area contributed by atoms with E-state index in [9.17, 15) is 4.79 Å². The van der Waals surface area contributed by atoms with E-state index in [1.807, 2.05) is 24.3 Å². The first-order valence-electron chi connectivity index (χ1n) is 5.00. The van der Waals surface area contributed by atoms with Crippen molar-refractivity contribution in [2.45, 2.75) is 13.0 Å². The molecule has 2 heterocycles. The Bertz CT molecular complexity index is 363. The molecule has 0 aliphatic carbocycles. The highest BCUT2D eigenvalue weighted by molar-refractivity contribution is 9.09. The molecule has 82 valence electrons. The molecule has 1 aliphatic heterocycles. The number of likely N-dealkylation sites (tertiary alicyclic amines) is 1. The van der Waals surface area contributed by atoms with Crippen molar-refractivity contribution in [2.24, 2.45) is 13.0 Å². The Morgan fingerprint density at radius 2 is 2.47 bits per heavy atom. The lowest BCUT2D eigenvalue weighted by Gasteiger charge is -2.14. The molecular formula is C10H14BrN3O. The number of carbonyl (C=O) groups is 1. The van der Waals surface area contributed by atoms with E-state index in [-0.39, 0.29) is 5.91 Å². The van der Waals surface area contributed by atoms with Crippen LogP contribution < -0.4 is 0 Å². The number of hydrogen-bond donors (Lipinski definition) is 0. The van der Waals surface area contributed by atoms with Crippen LogP contribution in [-0.2, 0) is 18.4 Å². The summed E-state index contributed by atoms with van der Waals surface area (Å²) in [5.41, 5.74) is 1.10. The Balaban J connectivity index is 1.98. The highest BCUT2D eigenvalue weighted by Crippen LogP contribution is 2.21. The van der Waals surface area contributed by atoms with Crippen molar-refractivity contribution >= 4 is 21.8 Å². The van der Waals surface area contributed by atoms with Gasteiger partial charge < -0.3 is 4.90 Å². The third-order valence-corrected chi connectivity index (χ3v) is 3.56. The van der Waals surface area contributed by atoms with Gasteiger partial charge in [0.1, 0.15) is 0 Å². The summed E-state index contributed by atoms with van der Waals surface area (Å²) in [6.45, 7) is 1.55. The van der Waals surface area contributed by atoms with E-state index in [0.717, 1.165) is 17.4 Å². The summed E-state index contributed by atoms with van der Waals surface area (Å²) >= 11 is 3.43. The lowest BCUT2D eigenvalue weighted by Crippen LogP contribution is -2.24. The maximum absolute atomic E-state index is 11.6. The van der Waals surface area contributed by atoms with E-state index >= 15 is 0 Å². The molecule has 1 aromatic rings. The molecule has 1 fully saturated rings. The number of aryl methyl sites for hydroxylation is 1. The Hall–Kier alpha value is -0.840. The van der Waals surface area contributed by atoms with Crippen molar-refractivity contribution in [3.05, 3.63) is 18.0 Å². The van der Waals surface area contributed by atoms with Crippen LogP contribution in [-0.4, -0.2) is 32.5 Å². The number of rotatable bonds is 3. The van der Waals surface area contributed by atoms with Gasteiger partial charge in [-0.15, -0.1) is 0 Å². The van der Waals surface area contributed by atoms with E-state index in [4.69, 9.17) is 0 Å². The van der Waals surface area contributed by atoms with Gasteiger partial charge in [0.2, 0.25) is 5.91 Å². The molecule has 1 aromatic heterocycles. The van der Waals surface area contributed by atoms with Crippen LogP contribution >= 0.6 is 15.9 Å². The lowest BCUT2D eigenvalue weighted by atomic mass is 10.2. The second kappa shape index (κ2) is 4.35. The van der Waals surface area contributed by atoms with Crippen LogP contribution in [0.5, 0.6) is 0 Å². The second-order valence-electron chi connectivity index (χ2n) is 4.02. The number of carbonyl (C=O) groups excluding carboxylic acids is 1.